The average molecular weight is 651 g/mol. The van der Waals surface area contributed by atoms with E-state index in [0.29, 0.717) is 44.0 Å². The number of ether oxygens (including phenoxy) is 2. The van der Waals surface area contributed by atoms with Gasteiger partial charge in [0.05, 0.1) is 30.2 Å². The molecule has 4 aromatic rings. The minimum atomic E-state index is -0.565. The van der Waals surface area contributed by atoms with Gasteiger partial charge in [-0.2, -0.15) is 0 Å². The third-order valence-electron chi connectivity index (χ3n) is 6.23. The van der Waals surface area contributed by atoms with Gasteiger partial charge in [0.1, 0.15) is 17.2 Å². The van der Waals surface area contributed by atoms with Crippen LogP contribution in [0.25, 0.3) is 6.08 Å². The normalized spacial score (nSPS) is 11.7. The van der Waals surface area contributed by atoms with E-state index in [2.05, 4.69) is 16.0 Å². The lowest BCUT2D eigenvalue weighted by Crippen LogP contribution is -2.30. The van der Waals surface area contributed by atoms with E-state index in [-0.39, 0.29) is 11.6 Å². The molecule has 1 unspecified atom stereocenters. The van der Waals surface area contributed by atoms with E-state index < -0.39 is 17.1 Å². The first-order valence-corrected chi connectivity index (χ1v) is 14.9. The van der Waals surface area contributed by atoms with Crippen LogP contribution < -0.4 is 25.4 Å². The highest BCUT2D eigenvalue weighted by Gasteiger charge is 2.19. The van der Waals surface area contributed by atoms with Crippen molar-refractivity contribution < 1.29 is 23.9 Å². The molecule has 0 aromatic heterocycles. The Morgan fingerprint density at radius 3 is 2.32 bits per heavy atom. The highest BCUT2D eigenvalue weighted by molar-refractivity contribution is 8.00. The topological polar surface area (TPSA) is 106 Å². The van der Waals surface area contributed by atoms with Gasteiger partial charge in [0.15, 0.2) is 0 Å². The number of carbonyl (C=O) groups excluding carboxylic acids is 3. The zero-order valence-corrected chi connectivity index (χ0v) is 26.3. The number of hydrogen-bond acceptors (Lipinski definition) is 6. The lowest BCUT2D eigenvalue weighted by atomic mass is 10.1. The number of benzene rings is 4. The van der Waals surface area contributed by atoms with E-state index in [1.54, 1.807) is 91.9 Å². The SMILES string of the molecule is COc1ccc(OC)c(/C=C(/NC(=O)c2ccccc2)C(=O)Nc2cccc(SC(C)C(=O)Nc3ccc(Cl)cc3Cl)c2)c1. The molecule has 0 heterocycles. The Hall–Kier alpha value is -4.44. The fourth-order valence-electron chi connectivity index (χ4n) is 3.98. The van der Waals surface area contributed by atoms with Crippen LogP contribution in [0.1, 0.15) is 22.8 Å². The van der Waals surface area contributed by atoms with Crippen LogP contribution in [0.2, 0.25) is 10.0 Å². The van der Waals surface area contributed by atoms with Crippen LogP contribution in [0, 0.1) is 0 Å². The minimum absolute atomic E-state index is 0.0175. The second-order valence-corrected chi connectivity index (χ2v) is 11.6. The average Bonchev–Trinajstić information content (AvgIpc) is 3.02. The van der Waals surface area contributed by atoms with Crippen LogP contribution in [0.15, 0.2) is 102 Å². The highest BCUT2D eigenvalue weighted by Crippen LogP contribution is 2.30. The molecule has 0 aliphatic carbocycles. The summed E-state index contributed by atoms with van der Waals surface area (Å²) in [6.45, 7) is 1.76. The van der Waals surface area contributed by atoms with Gasteiger partial charge < -0.3 is 25.4 Å². The Balaban J connectivity index is 1.54. The number of methoxy groups -OCH3 is 2. The van der Waals surface area contributed by atoms with Crippen LogP contribution in [-0.2, 0) is 9.59 Å². The molecule has 44 heavy (non-hydrogen) atoms. The number of rotatable bonds is 11. The maximum absolute atomic E-state index is 13.6. The van der Waals surface area contributed by atoms with E-state index in [1.807, 2.05) is 6.07 Å². The lowest BCUT2D eigenvalue weighted by Gasteiger charge is -2.15. The molecule has 3 amide bonds. The van der Waals surface area contributed by atoms with Crippen molar-refractivity contribution in [2.45, 2.75) is 17.1 Å². The molecule has 11 heteroatoms. The predicted molar refractivity (Wildman–Crippen MR) is 177 cm³/mol. The molecule has 0 saturated heterocycles. The zero-order chi connectivity index (χ0) is 31.6. The maximum Gasteiger partial charge on any atom is 0.272 e. The zero-order valence-electron chi connectivity index (χ0n) is 24.0. The Labute approximate surface area is 269 Å². The molecule has 0 fully saturated rings. The largest absolute Gasteiger partial charge is 0.497 e. The van der Waals surface area contributed by atoms with Crippen molar-refractivity contribution >= 4 is 70.1 Å². The number of carbonyl (C=O) groups is 3. The Kier molecular flexibility index (Phi) is 11.3. The number of hydrogen-bond donors (Lipinski definition) is 3. The molecule has 0 bridgehead atoms. The molecule has 4 aromatic carbocycles. The van der Waals surface area contributed by atoms with Gasteiger partial charge in [0.25, 0.3) is 11.8 Å². The molecule has 1 atom stereocenters. The second-order valence-electron chi connectivity index (χ2n) is 9.34. The molecule has 4 rings (SSSR count). The van der Waals surface area contributed by atoms with Crippen LogP contribution in [0.3, 0.4) is 0 Å². The van der Waals surface area contributed by atoms with Gasteiger partial charge >= 0.3 is 0 Å². The summed E-state index contributed by atoms with van der Waals surface area (Å²) < 4.78 is 10.8. The quantitative estimate of drug-likeness (QED) is 0.114. The Morgan fingerprint density at radius 2 is 1.61 bits per heavy atom. The van der Waals surface area contributed by atoms with Crippen molar-refractivity contribution in [3.05, 3.63) is 118 Å². The van der Waals surface area contributed by atoms with E-state index >= 15 is 0 Å². The van der Waals surface area contributed by atoms with Crippen molar-refractivity contribution in [3.8, 4) is 11.5 Å². The Bertz CT molecular complexity index is 1700. The maximum atomic E-state index is 13.6. The van der Waals surface area contributed by atoms with Gasteiger partial charge in [-0.15, -0.1) is 11.8 Å². The van der Waals surface area contributed by atoms with Gasteiger partial charge in [-0.1, -0.05) is 47.5 Å². The molecule has 0 aliphatic heterocycles. The van der Waals surface area contributed by atoms with Gasteiger partial charge in [-0.05, 0) is 79.7 Å². The fourth-order valence-corrected chi connectivity index (χ4v) is 5.36. The summed E-state index contributed by atoms with van der Waals surface area (Å²) in [7, 11) is 3.04. The summed E-state index contributed by atoms with van der Waals surface area (Å²) in [5.74, 6) is -0.249. The van der Waals surface area contributed by atoms with E-state index in [4.69, 9.17) is 32.7 Å². The molecule has 8 nitrogen and oxygen atoms in total. The summed E-state index contributed by atoms with van der Waals surface area (Å²) in [6.07, 6.45) is 1.52. The number of thioether (sulfide) groups is 1. The molecular formula is C33H29Cl2N3O5S. The number of halogens is 2. The second kappa shape index (κ2) is 15.3. The van der Waals surface area contributed by atoms with Crippen molar-refractivity contribution in [2.75, 3.05) is 24.9 Å². The van der Waals surface area contributed by atoms with Crippen molar-refractivity contribution in [1.82, 2.24) is 5.32 Å². The lowest BCUT2D eigenvalue weighted by molar-refractivity contribution is -0.115. The van der Waals surface area contributed by atoms with E-state index in [9.17, 15) is 14.4 Å². The number of anilines is 2. The van der Waals surface area contributed by atoms with Crippen molar-refractivity contribution in [2.24, 2.45) is 0 Å². The number of nitrogens with one attached hydrogen (secondary N) is 3. The molecule has 0 aliphatic rings. The third-order valence-corrected chi connectivity index (χ3v) is 7.87. The Morgan fingerprint density at radius 1 is 0.841 bits per heavy atom. The van der Waals surface area contributed by atoms with E-state index in [0.717, 1.165) is 4.90 Å². The van der Waals surface area contributed by atoms with Crippen molar-refractivity contribution in [1.29, 1.82) is 0 Å². The molecule has 0 radical (unpaired) electrons. The van der Waals surface area contributed by atoms with Crippen LogP contribution in [0.5, 0.6) is 11.5 Å². The van der Waals surface area contributed by atoms with Gasteiger partial charge in [0, 0.05) is 26.7 Å². The summed E-state index contributed by atoms with van der Waals surface area (Å²) in [6, 6.07) is 25.6. The van der Waals surface area contributed by atoms with E-state index in [1.165, 1.54) is 32.1 Å². The molecule has 226 valence electrons. The summed E-state index contributed by atoms with van der Waals surface area (Å²) in [5, 5.41) is 8.68. The predicted octanol–water partition coefficient (Wildman–Crippen LogP) is 7.54. The molecule has 0 spiro atoms. The van der Waals surface area contributed by atoms with Crippen LogP contribution in [0.4, 0.5) is 11.4 Å². The molecule has 3 N–H and O–H groups in total. The highest BCUT2D eigenvalue weighted by atomic mass is 35.5. The minimum Gasteiger partial charge on any atom is -0.497 e. The van der Waals surface area contributed by atoms with Crippen molar-refractivity contribution in [3.63, 3.8) is 0 Å². The van der Waals surface area contributed by atoms with Crippen LogP contribution in [-0.4, -0.2) is 37.2 Å². The first-order valence-electron chi connectivity index (χ1n) is 13.3. The van der Waals surface area contributed by atoms with Gasteiger partial charge in [0.2, 0.25) is 5.91 Å². The third kappa shape index (κ3) is 8.79. The molecule has 0 saturated carbocycles. The molecular weight excluding hydrogens is 621 g/mol. The first kappa shape index (κ1) is 32.5. The fraction of sp³-hybridized carbons (Fsp3) is 0.121. The summed E-state index contributed by atoms with van der Waals surface area (Å²) in [4.78, 5) is 40.2. The monoisotopic (exact) mass is 649 g/mol. The first-order chi connectivity index (χ1) is 21.2. The standard InChI is InChI=1S/C33H29Cl2N3O5S/c1-20(31(39)37-28-14-12-23(34)18-27(28)35)44-26-11-7-10-24(19-26)36-33(41)29(38-32(40)21-8-5-4-6-9-21)17-22-16-25(42-2)13-15-30(22)43-3/h4-20H,1-3H3,(H,36,41)(H,37,39)(H,38,40)/b29-17+. The summed E-state index contributed by atoms with van der Waals surface area (Å²) in [5.41, 5.74) is 1.81. The smallest absolute Gasteiger partial charge is 0.272 e. The van der Waals surface area contributed by atoms with Gasteiger partial charge in [-0.3, -0.25) is 14.4 Å². The van der Waals surface area contributed by atoms with Gasteiger partial charge in [-0.25, -0.2) is 0 Å². The van der Waals surface area contributed by atoms with Crippen LogP contribution >= 0.6 is 35.0 Å². The number of amides is 3. The summed E-state index contributed by atoms with van der Waals surface area (Å²) >= 11 is 13.4.